The van der Waals surface area contributed by atoms with E-state index >= 15 is 0 Å². The molecule has 0 bridgehead atoms. The molecular formula is C17H25NO3. The monoisotopic (exact) mass is 291 g/mol. The molecule has 0 spiro atoms. The Labute approximate surface area is 127 Å². The highest BCUT2D eigenvalue weighted by Gasteiger charge is 2.05. The van der Waals surface area contributed by atoms with E-state index in [1.54, 1.807) is 7.11 Å². The molecule has 116 valence electrons. The summed E-state index contributed by atoms with van der Waals surface area (Å²) in [6.07, 6.45) is 4.28. The molecule has 0 radical (unpaired) electrons. The van der Waals surface area contributed by atoms with Crippen molar-refractivity contribution < 1.29 is 14.2 Å². The first kappa shape index (κ1) is 16.0. The highest BCUT2D eigenvalue weighted by atomic mass is 16.5. The van der Waals surface area contributed by atoms with Crippen molar-refractivity contribution in [2.24, 2.45) is 0 Å². The van der Waals surface area contributed by atoms with Crippen molar-refractivity contribution in [3.05, 3.63) is 35.9 Å². The summed E-state index contributed by atoms with van der Waals surface area (Å²) in [5, 5.41) is 3.33. The second kappa shape index (κ2) is 9.55. The van der Waals surface area contributed by atoms with Gasteiger partial charge in [-0.1, -0.05) is 18.2 Å². The van der Waals surface area contributed by atoms with Crippen molar-refractivity contribution in [1.29, 1.82) is 0 Å². The number of ether oxygens (including phenoxy) is 3. The van der Waals surface area contributed by atoms with Crippen LogP contribution in [0.25, 0.3) is 5.57 Å². The van der Waals surface area contributed by atoms with E-state index in [-0.39, 0.29) is 0 Å². The number of hydrogen-bond acceptors (Lipinski definition) is 4. The summed E-state index contributed by atoms with van der Waals surface area (Å²) in [6.45, 7) is 4.69. The van der Waals surface area contributed by atoms with Crippen LogP contribution >= 0.6 is 0 Å². The van der Waals surface area contributed by atoms with Crippen LogP contribution < -0.4 is 10.1 Å². The fourth-order valence-corrected chi connectivity index (χ4v) is 2.28. The Balaban J connectivity index is 1.66. The van der Waals surface area contributed by atoms with E-state index in [0.717, 1.165) is 44.9 Å². The molecule has 1 aliphatic rings. The molecule has 1 aromatic rings. The molecule has 21 heavy (non-hydrogen) atoms. The predicted molar refractivity (Wildman–Crippen MR) is 84.7 cm³/mol. The molecule has 0 unspecified atom stereocenters. The van der Waals surface area contributed by atoms with Gasteiger partial charge in [0.15, 0.2) is 0 Å². The van der Waals surface area contributed by atoms with Gasteiger partial charge in [-0.3, -0.25) is 0 Å². The van der Waals surface area contributed by atoms with Crippen molar-refractivity contribution in [2.45, 2.75) is 12.8 Å². The fraction of sp³-hybridized carbons (Fsp3) is 0.529. The van der Waals surface area contributed by atoms with Gasteiger partial charge in [0.2, 0.25) is 0 Å². The number of rotatable bonds is 9. The standard InChI is InChI=1S/C17H25NO3/c1-19-11-2-12-20-13-14-21-17-5-3-15(4-6-17)16-7-9-18-10-8-16/h3-7,18H,2,8-14H2,1H3. The van der Waals surface area contributed by atoms with E-state index in [4.69, 9.17) is 14.2 Å². The lowest BCUT2D eigenvalue weighted by Crippen LogP contribution is -2.19. The van der Waals surface area contributed by atoms with Gasteiger partial charge in [-0.15, -0.1) is 0 Å². The molecule has 1 heterocycles. The highest BCUT2D eigenvalue weighted by Crippen LogP contribution is 2.22. The summed E-state index contributed by atoms with van der Waals surface area (Å²) in [7, 11) is 1.70. The number of methoxy groups -OCH3 is 1. The molecule has 0 saturated carbocycles. The zero-order valence-corrected chi connectivity index (χ0v) is 12.8. The van der Waals surface area contributed by atoms with E-state index in [1.165, 1.54) is 11.1 Å². The maximum Gasteiger partial charge on any atom is 0.119 e. The van der Waals surface area contributed by atoms with Crippen molar-refractivity contribution >= 4 is 5.57 Å². The average Bonchev–Trinajstić information content (AvgIpc) is 2.55. The molecule has 0 aromatic heterocycles. The molecule has 1 aliphatic heterocycles. The van der Waals surface area contributed by atoms with Gasteiger partial charge in [0.25, 0.3) is 0 Å². The van der Waals surface area contributed by atoms with Gasteiger partial charge in [-0.05, 0) is 42.7 Å². The minimum atomic E-state index is 0.582. The van der Waals surface area contributed by atoms with Crippen molar-refractivity contribution in [3.8, 4) is 5.75 Å². The second-order valence-corrected chi connectivity index (χ2v) is 5.02. The van der Waals surface area contributed by atoms with Crippen LogP contribution in [0.5, 0.6) is 5.75 Å². The van der Waals surface area contributed by atoms with Crippen LogP contribution in [-0.4, -0.2) is 46.6 Å². The summed E-state index contributed by atoms with van der Waals surface area (Å²) in [4.78, 5) is 0. The summed E-state index contributed by atoms with van der Waals surface area (Å²) in [5.41, 5.74) is 2.71. The smallest absolute Gasteiger partial charge is 0.119 e. The van der Waals surface area contributed by atoms with E-state index < -0.39 is 0 Å². The fourth-order valence-electron chi connectivity index (χ4n) is 2.28. The van der Waals surface area contributed by atoms with Gasteiger partial charge >= 0.3 is 0 Å². The Kier molecular flexibility index (Phi) is 7.29. The normalized spacial score (nSPS) is 14.8. The summed E-state index contributed by atoms with van der Waals surface area (Å²) < 4.78 is 16.1. The van der Waals surface area contributed by atoms with Crippen molar-refractivity contribution in [3.63, 3.8) is 0 Å². The maximum absolute atomic E-state index is 5.67. The molecule has 0 fully saturated rings. The minimum Gasteiger partial charge on any atom is -0.491 e. The first-order valence-corrected chi connectivity index (χ1v) is 7.60. The molecular weight excluding hydrogens is 266 g/mol. The number of nitrogens with one attached hydrogen (secondary N) is 1. The molecule has 0 atom stereocenters. The van der Waals surface area contributed by atoms with Crippen LogP contribution in [0.1, 0.15) is 18.4 Å². The minimum absolute atomic E-state index is 0.582. The molecule has 1 aromatic carbocycles. The van der Waals surface area contributed by atoms with Gasteiger partial charge in [0.1, 0.15) is 12.4 Å². The maximum atomic E-state index is 5.67. The van der Waals surface area contributed by atoms with Crippen LogP contribution in [0.2, 0.25) is 0 Å². The summed E-state index contributed by atoms with van der Waals surface area (Å²) in [5.74, 6) is 0.897. The van der Waals surface area contributed by atoms with Gasteiger partial charge in [-0.25, -0.2) is 0 Å². The Morgan fingerprint density at radius 1 is 1.05 bits per heavy atom. The molecule has 2 rings (SSSR count). The van der Waals surface area contributed by atoms with Crippen LogP contribution in [0.4, 0.5) is 0 Å². The first-order chi connectivity index (χ1) is 10.4. The zero-order valence-electron chi connectivity index (χ0n) is 12.8. The Bertz CT molecular complexity index is 428. The molecule has 0 amide bonds. The quantitative estimate of drug-likeness (QED) is 0.710. The lowest BCUT2D eigenvalue weighted by molar-refractivity contribution is 0.0806. The zero-order chi connectivity index (χ0) is 14.8. The van der Waals surface area contributed by atoms with Crippen molar-refractivity contribution in [1.82, 2.24) is 5.32 Å². The van der Waals surface area contributed by atoms with Crippen molar-refractivity contribution in [2.75, 3.05) is 46.6 Å². The molecule has 4 heteroatoms. The average molecular weight is 291 g/mol. The van der Waals surface area contributed by atoms with E-state index in [1.807, 2.05) is 12.1 Å². The Morgan fingerprint density at radius 2 is 1.90 bits per heavy atom. The SMILES string of the molecule is COCCCOCCOc1ccc(C2=CCNCC2)cc1. The lowest BCUT2D eigenvalue weighted by atomic mass is 10.0. The van der Waals surface area contributed by atoms with Crippen LogP contribution in [-0.2, 0) is 9.47 Å². The molecule has 0 saturated heterocycles. The molecule has 4 nitrogen and oxygen atoms in total. The Hall–Kier alpha value is -1.36. The molecule has 0 aliphatic carbocycles. The van der Waals surface area contributed by atoms with E-state index in [0.29, 0.717) is 13.2 Å². The summed E-state index contributed by atoms with van der Waals surface area (Å²) >= 11 is 0. The third-order valence-corrected chi connectivity index (χ3v) is 3.42. The van der Waals surface area contributed by atoms with Gasteiger partial charge in [0, 0.05) is 26.9 Å². The third-order valence-electron chi connectivity index (χ3n) is 3.42. The topological polar surface area (TPSA) is 39.7 Å². The predicted octanol–water partition coefficient (Wildman–Crippen LogP) is 2.50. The Morgan fingerprint density at radius 3 is 2.62 bits per heavy atom. The van der Waals surface area contributed by atoms with Crippen LogP contribution in [0.15, 0.2) is 30.3 Å². The molecule has 1 N–H and O–H groups in total. The second-order valence-electron chi connectivity index (χ2n) is 5.02. The highest BCUT2D eigenvalue weighted by molar-refractivity contribution is 5.67. The lowest BCUT2D eigenvalue weighted by Gasteiger charge is -2.14. The first-order valence-electron chi connectivity index (χ1n) is 7.60. The largest absolute Gasteiger partial charge is 0.491 e. The summed E-state index contributed by atoms with van der Waals surface area (Å²) in [6, 6.07) is 8.32. The third kappa shape index (κ3) is 5.87. The van der Waals surface area contributed by atoms with Crippen LogP contribution in [0, 0.1) is 0 Å². The van der Waals surface area contributed by atoms with E-state index in [9.17, 15) is 0 Å². The van der Waals surface area contributed by atoms with Gasteiger partial charge < -0.3 is 19.5 Å². The van der Waals surface area contributed by atoms with E-state index in [2.05, 4.69) is 23.5 Å². The van der Waals surface area contributed by atoms with Gasteiger partial charge in [-0.2, -0.15) is 0 Å². The van der Waals surface area contributed by atoms with Crippen LogP contribution in [0.3, 0.4) is 0 Å². The number of benzene rings is 1. The number of hydrogen-bond donors (Lipinski definition) is 1. The van der Waals surface area contributed by atoms with Gasteiger partial charge in [0.05, 0.1) is 6.61 Å².